The number of epoxide rings is 1. The Bertz CT molecular complexity index is 2230. The highest BCUT2D eigenvalue weighted by molar-refractivity contribution is 6.06. The third-order valence-corrected chi connectivity index (χ3v) is 15.0. The summed E-state index contributed by atoms with van der Waals surface area (Å²) in [6.45, 7) is 14.0. The van der Waals surface area contributed by atoms with E-state index in [0.29, 0.717) is 30.4 Å². The molecule has 9 unspecified atom stereocenters. The molecule has 0 radical (unpaired) electrons. The van der Waals surface area contributed by atoms with Crippen LogP contribution in [0, 0.1) is 27.6 Å². The second-order valence-corrected chi connectivity index (χ2v) is 18.5. The summed E-state index contributed by atoms with van der Waals surface area (Å²) < 4.78 is 17.9. The van der Waals surface area contributed by atoms with Gasteiger partial charge in [0.05, 0.1) is 29.5 Å². The molecule has 8 nitrogen and oxygen atoms in total. The van der Waals surface area contributed by atoms with E-state index >= 15 is 0 Å². The molecule has 4 aromatic rings. The van der Waals surface area contributed by atoms with Crippen LogP contribution in [-0.2, 0) is 23.9 Å². The number of aliphatic hydroxyl groups is 1. The molecule has 2 saturated carbocycles. The lowest BCUT2D eigenvalue weighted by Gasteiger charge is -2.64. The average molecular weight is 832 g/mol. The van der Waals surface area contributed by atoms with E-state index in [0.717, 1.165) is 18.5 Å². The van der Waals surface area contributed by atoms with Gasteiger partial charge in [0.15, 0.2) is 11.5 Å². The van der Waals surface area contributed by atoms with Gasteiger partial charge in [0.1, 0.15) is 11.7 Å². The highest BCUT2D eigenvalue weighted by Gasteiger charge is 2.89. The Balaban J connectivity index is 0.000000192. The van der Waals surface area contributed by atoms with E-state index in [4.69, 9.17) is 13.9 Å². The van der Waals surface area contributed by atoms with E-state index < -0.39 is 51.0 Å². The highest BCUT2D eigenvalue weighted by Crippen LogP contribution is 2.81. The van der Waals surface area contributed by atoms with Crippen molar-refractivity contribution in [1.82, 2.24) is 5.32 Å². The fourth-order valence-corrected chi connectivity index (χ4v) is 12.4. The quantitative estimate of drug-likeness (QED) is 0.126. The largest absolute Gasteiger partial charge is 0.504 e. The van der Waals surface area contributed by atoms with E-state index in [9.17, 15) is 19.5 Å². The van der Waals surface area contributed by atoms with Crippen molar-refractivity contribution in [2.45, 2.75) is 103 Å². The van der Waals surface area contributed by atoms with Crippen molar-refractivity contribution in [3.63, 3.8) is 0 Å². The first-order valence-electron chi connectivity index (χ1n) is 21.1. The van der Waals surface area contributed by atoms with Gasteiger partial charge >= 0.3 is 5.97 Å². The predicted molar refractivity (Wildman–Crippen MR) is 234 cm³/mol. The molecule has 5 aliphatic rings. The van der Waals surface area contributed by atoms with Crippen LogP contribution in [0.2, 0.25) is 0 Å². The third kappa shape index (κ3) is 6.61. The van der Waals surface area contributed by atoms with Gasteiger partial charge < -0.3 is 24.3 Å². The average Bonchev–Trinajstić information content (AvgIpc) is 3.59. The number of ether oxygens (including phenoxy) is 2. The van der Waals surface area contributed by atoms with Crippen molar-refractivity contribution in [1.29, 1.82) is 0 Å². The number of hydrogen-bond donors (Lipinski definition) is 2. The molecule has 60 heavy (non-hydrogen) atoms. The molecular formula is C51H58ClNO7. The van der Waals surface area contributed by atoms with Gasteiger partial charge in [0.2, 0.25) is 5.78 Å². The molecule has 0 amide bonds. The molecule has 1 aromatic heterocycles. The smallest absolute Gasteiger partial charge is 0.302 e. The Morgan fingerprint density at radius 1 is 0.883 bits per heavy atom. The van der Waals surface area contributed by atoms with E-state index in [1.165, 1.54) is 23.6 Å². The monoisotopic (exact) mass is 831 g/mol. The number of benzene rings is 3. The summed E-state index contributed by atoms with van der Waals surface area (Å²) in [5, 5.41) is 15.2. The molecule has 1 aliphatic heterocycles. The van der Waals surface area contributed by atoms with E-state index in [1.54, 1.807) is 38.5 Å². The number of nitrogens with one attached hydrogen (secondary N) is 1. The first-order chi connectivity index (χ1) is 28.1. The summed E-state index contributed by atoms with van der Waals surface area (Å²) in [6.07, 6.45) is 8.26. The van der Waals surface area contributed by atoms with Gasteiger partial charge in [0.25, 0.3) is 0 Å². The number of carbonyl (C=O) groups is 3. The van der Waals surface area contributed by atoms with Crippen molar-refractivity contribution in [3.8, 4) is 0 Å². The fourth-order valence-electron chi connectivity index (χ4n) is 12.4. The fraction of sp³-hybridized carbons (Fsp3) is 0.431. The number of fused-ring (bicyclic) bond motifs is 3. The van der Waals surface area contributed by atoms with Crippen molar-refractivity contribution in [3.05, 3.63) is 155 Å². The third-order valence-electron chi connectivity index (χ3n) is 15.0. The molecule has 0 bridgehead atoms. The zero-order valence-electron chi connectivity index (χ0n) is 35.6. The highest BCUT2D eigenvalue weighted by atomic mass is 35.5. The van der Waals surface area contributed by atoms with Gasteiger partial charge in [-0.25, -0.2) is 0 Å². The van der Waals surface area contributed by atoms with Gasteiger partial charge in [-0.2, -0.15) is 0 Å². The lowest BCUT2D eigenvalue weighted by Crippen LogP contribution is -2.70. The maximum atomic E-state index is 14.3. The second-order valence-electron chi connectivity index (χ2n) is 18.5. The standard InChI is InChI=1S/C28H32O7.C23H25N.ClH/c1-14(29)34-17-12-26(5)16(15-8-10-33-13-15)11-19-28(26,35-19)27(6)21(17)25(4)9-7-18(30)24(2,3)22(25)20(31)23(27)32;1-19(20-11-5-2-6-12-20)24-18-17-23(21-13-7-3-8-14-21)22-15-9-4-10-16-22;/h7-10,13,16-17,19,21,31H,11-12H2,1-6H3;2-16,19,23-24H,17-18H2,1H3;1H. The SMILES string of the molecule is CC(=O)OC1CC2(C)C(c3ccoc3)CC3OC32C2(C)C(=O)C(O)=C3C(C)(C)C(=O)C=CC3(C)C12.CC(NCCC(c1ccccc1)c1ccccc1)c1ccccc1.Cl. The Kier molecular flexibility index (Phi) is 11.5. The second kappa shape index (κ2) is 15.9. The van der Waals surface area contributed by atoms with Crippen LogP contribution in [0.1, 0.15) is 108 Å². The van der Waals surface area contributed by atoms with Gasteiger partial charge in [-0.3, -0.25) is 14.4 Å². The van der Waals surface area contributed by atoms with Crippen molar-refractivity contribution in [2.75, 3.05) is 6.54 Å². The van der Waals surface area contributed by atoms with Gasteiger partial charge in [0, 0.05) is 35.6 Å². The van der Waals surface area contributed by atoms with Crippen LogP contribution in [0.4, 0.5) is 0 Å². The van der Waals surface area contributed by atoms with Gasteiger partial charge in [-0.1, -0.05) is 111 Å². The molecule has 2 N–H and O–H groups in total. The number of hydrogen-bond acceptors (Lipinski definition) is 8. The maximum absolute atomic E-state index is 14.3. The molecule has 1 saturated heterocycles. The number of rotatable bonds is 9. The Morgan fingerprint density at radius 2 is 1.47 bits per heavy atom. The minimum Gasteiger partial charge on any atom is -0.504 e. The minimum absolute atomic E-state index is 0. The normalized spacial score (nSPS) is 32.3. The molecular weight excluding hydrogens is 774 g/mol. The number of ketones is 2. The van der Waals surface area contributed by atoms with Crippen LogP contribution in [-0.4, -0.2) is 47.0 Å². The Morgan fingerprint density at radius 3 is 2.02 bits per heavy atom. The lowest BCUT2D eigenvalue weighted by molar-refractivity contribution is -0.200. The van der Waals surface area contributed by atoms with E-state index in [-0.39, 0.29) is 36.0 Å². The number of carbonyl (C=O) groups excluding carboxylic acids is 3. The number of aliphatic hydroxyl groups excluding tert-OH is 1. The van der Waals surface area contributed by atoms with E-state index in [2.05, 4.69) is 110 Å². The molecule has 9 atom stereocenters. The Labute approximate surface area is 360 Å². The first kappa shape index (κ1) is 43.3. The molecule has 9 heteroatoms. The number of esters is 1. The summed E-state index contributed by atoms with van der Waals surface area (Å²) in [6, 6.07) is 34.6. The zero-order valence-corrected chi connectivity index (χ0v) is 36.5. The predicted octanol–water partition coefficient (Wildman–Crippen LogP) is 10.4. The molecule has 3 fully saturated rings. The summed E-state index contributed by atoms with van der Waals surface area (Å²) in [4.78, 5) is 39.6. The summed E-state index contributed by atoms with van der Waals surface area (Å²) in [7, 11) is 0. The van der Waals surface area contributed by atoms with Crippen molar-refractivity contribution < 1.29 is 33.4 Å². The molecule has 316 valence electrons. The number of allylic oxidation sites excluding steroid dienone is 4. The maximum Gasteiger partial charge on any atom is 0.302 e. The number of furan rings is 1. The van der Waals surface area contributed by atoms with Crippen molar-refractivity contribution in [2.24, 2.45) is 27.6 Å². The summed E-state index contributed by atoms with van der Waals surface area (Å²) >= 11 is 0. The zero-order chi connectivity index (χ0) is 42.0. The van der Waals surface area contributed by atoms with Gasteiger partial charge in [-0.15, -0.1) is 12.4 Å². The number of Topliss-reactive ketones (excluding diaryl/α,β-unsaturated/α-hetero) is 1. The molecule has 4 aliphatic carbocycles. The summed E-state index contributed by atoms with van der Waals surface area (Å²) in [5.74, 6) is -1.40. The first-order valence-corrected chi connectivity index (χ1v) is 21.1. The Hall–Kier alpha value is -4.76. The topological polar surface area (TPSA) is 118 Å². The molecule has 1 spiro atoms. The molecule has 2 heterocycles. The van der Waals surface area contributed by atoms with Crippen LogP contribution in [0.15, 0.2) is 137 Å². The van der Waals surface area contributed by atoms with Crippen molar-refractivity contribution >= 4 is 29.9 Å². The molecule has 9 rings (SSSR count). The van der Waals surface area contributed by atoms with Crippen LogP contribution < -0.4 is 5.32 Å². The van der Waals surface area contributed by atoms with E-state index in [1.807, 2.05) is 19.9 Å². The van der Waals surface area contributed by atoms with Gasteiger partial charge in [-0.05, 0) is 99.4 Å². The number of halogens is 1. The van der Waals surface area contributed by atoms with Crippen LogP contribution in [0.5, 0.6) is 0 Å². The lowest BCUT2D eigenvalue weighted by atomic mass is 9.38. The molecule has 3 aromatic carbocycles. The van der Waals surface area contributed by atoms with Crippen LogP contribution in [0.3, 0.4) is 0 Å². The summed E-state index contributed by atoms with van der Waals surface area (Å²) in [5.41, 5.74) is 1.06. The minimum atomic E-state index is -1.17. The van der Waals surface area contributed by atoms with Crippen LogP contribution in [0.25, 0.3) is 0 Å². The van der Waals surface area contributed by atoms with Crippen LogP contribution >= 0.6 is 12.4 Å².